The lowest BCUT2D eigenvalue weighted by molar-refractivity contribution is -0.0513. The van der Waals surface area contributed by atoms with E-state index in [4.69, 9.17) is 0 Å². The molecular formula is C20H24N2O. The van der Waals surface area contributed by atoms with Gasteiger partial charge in [-0.2, -0.15) is 0 Å². The second kappa shape index (κ2) is 4.71. The number of para-hydroxylation sites is 1. The van der Waals surface area contributed by atoms with Crippen molar-refractivity contribution in [3.63, 3.8) is 0 Å². The molecule has 2 unspecified atom stereocenters. The van der Waals surface area contributed by atoms with Gasteiger partial charge in [-0.1, -0.05) is 29.8 Å². The van der Waals surface area contributed by atoms with Gasteiger partial charge in [0.2, 0.25) is 0 Å². The fourth-order valence-corrected chi connectivity index (χ4v) is 5.71. The Balaban J connectivity index is 1.72. The summed E-state index contributed by atoms with van der Waals surface area (Å²) in [6.07, 6.45) is 4.54. The van der Waals surface area contributed by atoms with Gasteiger partial charge in [0, 0.05) is 48.8 Å². The van der Waals surface area contributed by atoms with Gasteiger partial charge in [-0.3, -0.25) is 4.90 Å². The number of hydrogen-bond acceptors (Lipinski definition) is 2. The summed E-state index contributed by atoms with van der Waals surface area (Å²) in [5.41, 5.74) is 5.96. The van der Waals surface area contributed by atoms with Crippen molar-refractivity contribution in [2.45, 2.75) is 31.8 Å². The molecule has 0 aliphatic carbocycles. The molecule has 3 nitrogen and oxygen atoms in total. The molecule has 1 aromatic heterocycles. The minimum atomic E-state index is 0.315. The second-order valence-electron chi connectivity index (χ2n) is 7.45. The van der Waals surface area contributed by atoms with Crippen molar-refractivity contribution in [3.8, 4) is 0 Å². The molecule has 4 bridgehead atoms. The number of rotatable bonds is 1. The van der Waals surface area contributed by atoms with Crippen LogP contribution in [0.15, 0.2) is 35.9 Å². The molecule has 3 heteroatoms. The summed E-state index contributed by atoms with van der Waals surface area (Å²) in [4.78, 5) is 2.68. The number of fused-ring (bicyclic) bond motifs is 4. The highest BCUT2D eigenvalue weighted by atomic mass is 16.3. The van der Waals surface area contributed by atoms with Crippen molar-refractivity contribution >= 4 is 10.9 Å². The summed E-state index contributed by atoms with van der Waals surface area (Å²) in [5, 5.41) is 11.5. The number of aromatic nitrogens is 1. The predicted octanol–water partition coefficient (Wildman–Crippen LogP) is 3.03. The molecule has 23 heavy (non-hydrogen) atoms. The van der Waals surface area contributed by atoms with Crippen LogP contribution in [0.25, 0.3) is 10.9 Å². The third-order valence-corrected chi connectivity index (χ3v) is 6.73. The summed E-state index contributed by atoms with van der Waals surface area (Å²) in [6.45, 7) is 3.56. The van der Waals surface area contributed by atoms with Crippen LogP contribution in [0.2, 0.25) is 0 Å². The van der Waals surface area contributed by atoms with Crippen molar-refractivity contribution in [3.05, 3.63) is 47.2 Å². The molecule has 0 radical (unpaired) electrons. The smallest absolute Gasteiger partial charge is 0.0515 e. The van der Waals surface area contributed by atoms with E-state index in [2.05, 4.69) is 53.8 Å². The molecule has 120 valence electrons. The van der Waals surface area contributed by atoms with Crippen LogP contribution in [0.5, 0.6) is 0 Å². The van der Waals surface area contributed by atoms with Crippen LogP contribution in [0, 0.1) is 11.8 Å². The van der Waals surface area contributed by atoms with Gasteiger partial charge in [0.25, 0.3) is 0 Å². The predicted molar refractivity (Wildman–Crippen MR) is 92.3 cm³/mol. The number of nitrogens with zero attached hydrogens (tertiary/aromatic N) is 2. The van der Waals surface area contributed by atoms with Crippen molar-refractivity contribution in [1.29, 1.82) is 0 Å². The number of aryl methyl sites for hydroxylation is 1. The fourth-order valence-electron chi connectivity index (χ4n) is 5.71. The lowest BCUT2D eigenvalue weighted by atomic mass is 9.64. The highest BCUT2D eigenvalue weighted by Gasteiger charge is 2.52. The number of benzene rings is 1. The molecule has 1 aromatic carbocycles. The van der Waals surface area contributed by atoms with E-state index >= 15 is 0 Å². The normalized spacial score (nSPS) is 36.7. The summed E-state index contributed by atoms with van der Waals surface area (Å²) >= 11 is 0. The van der Waals surface area contributed by atoms with Gasteiger partial charge in [0.05, 0.1) is 6.04 Å². The van der Waals surface area contributed by atoms with Gasteiger partial charge in [-0.05, 0) is 37.3 Å². The van der Waals surface area contributed by atoms with Crippen molar-refractivity contribution in [1.82, 2.24) is 9.47 Å². The zero-order valence-corrected chi connectivity index (χ0v) is 13.9. The molecular weight excluding hydrogens is 284 g/mol. The first-order valence-corrected chi connectivity index (χ1v) is 8.82. The summed E-state index contributed by atoms with van der Waals surface area (Å²) in [6, 6.07) is 9.84. The fraction of sp³-hybridized carbons (Fsp3) is 0.500. The number of aliphatic hydroxyl groups is 1. The molecule has 6 rings (SSSR count). The van der Waals surface area contributed by atoms with Crippen LogP contribution in [-0.4, -0.2) is 33.8 Å². The second-order valence-corrected chi connectivity index (χ2v) is 7.45. The van der Waals surface area contributed by atoms with Gasteiger partial charge in [0.15, 0.2) is 0 Å². The van der Waals surface area contributed by atoms with E-state index < -0.39 is 0 Å². The third-order valence-electron chi connectivity index (χ3n) is 6.73. The molecule has 0 spiro atoms. The molecule has 5 atom stereocenters. The maximum atomic E-state index is 10.0. The zero-order chi connectivity index (χ0) is 15.7. The van der Waals surface area contributed by atoms with E-state index in [0.717, 1.165) is 13.0 Å². The standard InChI is InChI=1S/C20H24N2O/c1-3-12-10-22-18-9-15-13-6-4-5-7-17(13)21(2)20(15)19(22)8-14(12)16(18)11-23/h3-7,14,16,18-19,23H,8-11H2,1-2H3/b12-3-/t14-,16?,18-,19-/m1/s1. The van der Waals surface area contributed by atoms with Crippen LogP contribution < -0.4 is 0 Å². The number of aliphatic hydroxyl groups excluding tert-OH is 1. The summed E-state index contributed by atoms with van der Waals surface area (Å²) in [7, 11) is 2.23. The van der Waals surface area contributed by atoms with E-state index in [1.807, 2.05) is 0 Å². The quantitative estimate of drug-likeness (QED) is 0.820. The minimum Gasteiger partial charge on any atom is -0.396 e. The van der Waals surface area contributed by atoms with E-state index in [-0.39, 0.29) is 0 Å². The van der Waals surface area contributed by atoms with Crippen LogP contribution in [0.3, 0.4) is 0 Å². The summed E-state index contributed by atoms with van der Waals surface area (Å²) < 4.78 is 2.43. The number of piperidine rings is 3. The average Bonchev–Trinajstić information content (AvgIpc) is 2.87. The molecule has 5 heterocycles. The van der Waals surface area contributed by atoms with Gasteiger partial charge in [-0.25, -0.2) is 0 Å². The highest BCUT2D eigenvalue weighted by Crippen LogP contribution is 2.54. The van der Waals surface area contributed by atoms with Gasteiger partial charge in [0.1, 0.15) is 0 Å². The maximum Gasteiger partial charge on any atom is 0.0515 e. The van der Waals surface area contributed by atoms with Gasteiger partial charge >= 0.3 is 0 Å². The van der Waals surface area contributed by atoms with Crippen molar-refractivity contribution < 1.29 is 5.11 Å². The van der Waals surface area contributed by atoms with Crippen LogP contribution >= 0.6 is 0 Å². The molecule has 3 saturated heterocycles. The van der Waals surface area contributed by atoms with E-state index in [0.29, 0.717) is 30.5 Å². The van der Waals surface area contributed by atoms with E-state index in [1.165, 1.54) is 28.6 Å². The lowest BCUT2D eigenvalue weighted by Crippen LogP contribution is -2.61. The molecule has 4 aliphatic heterocycles. The molecule has 3 fully saturated rings. The monoisotopic (exact) mass is 308 g/mol. The average molecular weight is 308 g/mol. The molecule has 0 amide bonds. The Morgan fingerprint density at radius 3 is 2.91 bits per heavy atom. The first-order chi connectivity index (χ1) is 11.2. The third kappa shape index (κ3) is 1.62. The Kier molecular flexibility index (Phi) is 2.83. The first-order valence-electron chi connectivity index (χ1n) is 8.82. The Bertz CT molecular complexity index is 818. The van der Waals surface area contributed by atoms with Crippen LogP contribution in [0.1, 0.15) is 30.6 Å². The van der Waals surface area contributed by atoms with Crippen molar-refractivity contribution in [2.75, 3.05) is 13.2 Å². The zero-order valence-electron chi connectivity index (χ0n) is 13.9. The summed E-state index contributed by atoms with van der Waals surface area (Å²) in [5.74, 6) is 0.967. The Morgan fingerprint density at radius 1 is 1.30 bits per heavy atom. The lowest BCUT2D eigenvalue weighted by Gasteiger charge is -2.58. The SMILES string of the molecule is C/C=C1/CN2[C@@H]3C[C@H]1C(CO)[C@H]2Cc1c3n(C)c2ccccc12. The van der Waals surface area contributed by atoms with Crippen LogP contribution in [-0.2, 0) is 13.5 Å². The first kappa shape index (κ1) is 13.8. The Hall–Kier alpha value is -1.58. The van der Waals surface area contributed by atoms with Crippen LogP contribution in [0.4, 0.5) is 0 Å². The molecule has 4 aliphatic rings. The highest BCUT2D eigenvalue weighted by molar-refractivity contribution is 5.86. The van der Waals surface area contributed by atoms with E-state index in [9.17, 15) is 5.11 Å². The van der Waals surface area contributed by atoms with Gasteiger partial charge < -0.3 is 9.67 Å². The minimum absolute atomic E-state index is 0.315. The van der Waals surface area contributed by atoms with Crippen molar-refractivity contribution in [2.24, 2.45) is 18.9 Å². The van der Waals surface area contributed by atoms with Gasteiger partial charge in [-0.15, -0.1) is 0 Å². The molecule has 0 saturated carbocycles. The molecule has 1 N–H and O–H groups in total. The Labute approximate surface area is 137 Å². The topological polar surface area (TPSA) is 28.4 Å². The molecule has 2 aromatic rings. The Morgan fingerprint density at radius 2 is 2.13 bits per heavy atom. The number of allylic oxidation sites excluding steroid dienone is 1. The number of hydrogen-bond donors (Lipinski definition) is 1. The largest absolute Gasteiger partial charge is 0.396 e. The van der Waals surface area contributed by atoms with E-state index in [1.54, 1.807) is 5.57 Å². The maximum absolute atomic E-state index is 10.0.